The van der Waals surface area contributed by atoms with E-state index in [9.17, 15) is 38.4 Å². The Morgan fingerprint density at radius 2 is 0.902 bits per heavy atom. The molecular weight excluding hydrogens is 548 g/mol. The van der Waals surface area contributed by atoms with Crippen molar-refractivity contribution < 1.29 is 58.8 Å². The van der Waals surface area contributed by atoms with Crippen LogP contribution < -0.4 is 16.0 Å². The lowest BCUT2D eigenvalue weighted by Gasteiger charge is -2.18. The van der Waals surface area contributed by atoms with Gasteiger partial charge in [0.15, 0.2) is 0 Å². The summed E-state index contributed by atoms with van der Waals surface area (Å²) in [7, 11) is 4.78. The average molecular weight is 593 g/mol. The number of Topliss-reactive ketones (excluding diaryl/α,β-unsaturated/α-hetero) is 3. The fourth-order valence-corrected chi connectivity index (χ4v) is 3.23. The highest BCUT2D eigenvalue weighted by molar-refractivity contribution is 5.82. The van der Waals surface area contributed by atoms with Crippen molar-refractivity contribution in [3.05, 3.63) is 0 Å². The number of likely N-dealkylation sites (N-methyl/N-ethyl adjacent to an activating group) is 1. The van der Waals surface area contributed by atoms with Gasteiger partial charge in [0, 0.05) is 37.4 Å². The standard InChI is InChI=1S/C12H20N2O6.C7H13NO3.C6H11NO3/c1-7(15)3-9(6-12(19)20)14-10(16)4-8(13-2)5-11(17)18;1-5(9)3-6(8-2)4-7(10)11;1-5(8)3-7(2)4-6(9)10/h8-9,13H,3-6H2,1-2H3,(H,14,16)(H,17,18)(H,19,20);6,8H,3-4H2,1-2H3,(H,10,11);3-4H2,1-2H3,(H,9,10). The molecule has 3 atom stereocenters. The first kappa shape index (κ1) is 41.7. The Morgan fingerprint density at radius 3 is 1.22 bits per heavy atom. The van der Waals surface area contributed by atoms with Crippen LogP contribution in [0.3, 0.4) is 0 Å². The number of carboxylic acids is 4. The van der Waals surface area contributed by atoms with Crippen molar-refractivity contribution in [2.45, 2.75) is 77.4 Å². The maximum absolute atomic E-state index is 11.7. The third-order valence-electron chi connectivity index (χ3n) is 4.84. The van der Waals surface area contributed by atoms with Crippen LogP contribution in [0.1, 0.15) is 59.3 Å². The second-order valence-electron chi connectivity index (χ2n) is 9.31. The maximum Gasteiger partial charge on any atom is 0.317 e. The van der Waals surface area contributed by atoms with Crippen LogP contribution in [0.2, 0.25) is 0 Å². The van der Waals surface area contributed by atoms with E-state index < -0.39 is 41.9 Å². The summed E-state index contributed by atoms with van der Waals surface area (Å²) in [6, 6.07) is -1.56. The van der Waals surface area contributed by atoms with Crippen LogP contribution in [-0.2, 0) is 38.4 Å². The number of hydrogen-bond acceptors (Lipinski definition) is 11. The third-order valence-corrected chi connectivity index (χ3v) is 4.84. The SMILES string of the molecule is CC(=O)CN(C)CC(=O)O.CNC(CC(=O)O)CC(=O)NC(CC(C)=O)CC(=O)O.CNC(CC(C)=O)CC(=O)O. The third kappa shape index (κ3) is 32.4. The van der Waals surface area contributed by atoms with Gasteiger partial charge in [-0.1, -0.05) is 0 Å². The molecule has 0 aliphatic heterocycles. The van der Waals surface area contributed by atoms with Crippen molar-refractivity contribution in [1.82, 2.24) is 20.9 Å². The van der Waals surface area contributed by atoms with Crippen molar-refractivity contribution in [3.8, 4) is 0 Å². The Hall–Kier alpha value is -3.76. The molecule has 16 nitrogen and oxygen atoms in total. The molecule has 7 N–H and O–H groups in total. The van der Waals surface area contributed by atoms with Crippen LogP contribution >= 0.6 is 0 Å². The number of ketones is 3. The molecule has 0 aliphatic rings. The summed E-state index contributed by atoms with van der Waals surface area (Å²) in [5, 5.41) is 41.9. The van der Waals surface area contributed by atoms with Crippen molar-refractivity contribution in [2.75, 3.05) is 34.2 Å². The van der Waals surface area contributed by atoms with Gasteiger partial charge < -0.3 is 36.4 Å². The molecule has 0 bridgehead atoms. The molecule has 236 valence electrons. The van der Waals surface area contributed by atoms with Gasteiger partial charge in [0.2, 0.25) is 5.91 Å². The molecule has 0 radical (unpaired) electrons. The summed E-state index contributed by atoms with van der Waals surface area (Å²) in [4.78, 5) is 86.6. The highest BCUT2D eigenvalue weighted by atomic mass is 16.4. The first-order valence-corrected chi connectivity index (χ1v) is 12.5. The lowest BCUT2D eigenvalue weighted by molar-refractivity contribution is -0.139. The van der Waals surface area contributed by atoms with Crippen molar-refractivity contribution in [1.29, 1.82) is 0 Å². The first-order valence-electron chi connectivity index (χ1n) is 12.5. The van der Waals surface area contributed by atoms with Gasteiger partial charge in [-0.25, -0.2) is 0 Å². The molecule has 0 aromatic heterocycles. The Morgan fingerprint density at radius 1 is 0.537 bits per heavy atom. The molecule has 41 heavy (non-hydrogen) atoms. The van der Waals surface area contributed by atoms with Crippen molar-refractivity contribution >= 4 is 47.1 Å². The van der Waals surface area contributed by atoms with E-state index in [4.69, 9.17) is 20.4 Å². The van der Waals surface area contributed by atoms with E-state index in [1.54, 1.807) is 14.1 Å². The van der Waals surface area contributed by atoms with E-state index in [1.165, 1.54) is 32.7 Å². The van der Waals surface area contributed by atoms with Crippen LogP contribution in [0.25, 0.3) is 0 Å². The summed E-state index contributed by atoms with van der Waals surface area (Å²) in [5.74, 6) is -4.69. The van der Waals surface area contributed by atoms with E-state index in [0.29, 0.717) is 0 Å². The molecule has 3 unspecified atom stereocenters. The molecule has 0 aromatic carbocycles. The number of carbonyl (C=O) groups is 8. The number of nitrogens with one attached hydrogen (secondary N) is 3. The van der Waals surface area contributed by atoms with Crippen molar-refractivity contribution in [3.63, 3.8) is 0 Å². The number of aliphatic carboxylic acids is 4. The lowest BCUT2D eigenvalue weighted by atomic mass is 10.1. The maximum atomic E-state index is 11.7. The van der Waals surface area contributed by atoms with Crippen LogP contribution in [0.5, 0.6) is 0 Å². The van der Waals surface area contributed by atoms with Gasteiger partial charge >= 0.3 is 23.9 Å². The summed E-state index contributed by atoms with van der Waals surface area (Å²) in [6.07, 6.45) is -0.467. The minimum atomic E-state index is -1.12. The van der Waals surface area contributed by atoms with Crippen molar-refractivity contribution in [2.24, 2.45) is 0 Å². The van der Waals surface area contributed by atoms with Gasteiger partial charge in [0.1, 0.15) is 17.3 Å². The zero-order valence-corrected chi connectivity index (χ0v) is 24.4. The number of rotatable bonds is 19. The fraction of sp³-hybridized carbons (Fsp3) is 0.680. The number of hydrogen-bond donors (Lipinski definition) is 7. The number of carbonyl (C=O) groups excluding carboxylic acids is 4. The Bertz CT molecular complexity index is 846. The Labute approximate surface area is 238 Å². The van der Waals surface area contributed by atoms with Gasteiger partial charge in [-0.15, -0.1) is 0 Å². The highest BCUT2D eigenvalue weighted by Crippen LogP contribution is 2.03. The summed E-state index contributed by atoms with van der Waals surface area (Å²) in [6.45, 7) is 4.30. The molecule has 16 heteroatoms. The summed E-state index contributed by atoms with van der Waals surface area (Å²) < 4.78 is 0. The smallest absolute Gasteiger partial charge is 0.317 e. The zero-order valence-electron chi connectivity index (χ0n) is 24.4. The zero-order chi connectivity index (χ0) is 32.7. The average Bonchev–Trinajstić information content (AvgIpc) is 2.75. The van der Waals surface area contributed by atoms with E-state index >= 15 is 0 Å². The number of amides is 1. The molecule has 0 saturated carbocycles. The molecule has 0 fully saturated rings. The van der Waals surface area contributed by atoms with Crippen LogP contribution in [0.15, 0.2) is 0 Å². The van der Waals surface area contributed by atoms with Crippen LogP contribution in [0, 0.1) is 0 Å². The van der Waals surface area contributed by atoms with Gasteiger partial charge in [-0.3, -0.25) is 43.3 Å². The van der Waals surface area contributed by atoms with E-state index in [1.807, 2.05) is 0 Å². The van der Waals surface area contributed by atoms with E-state index in [2.05, 4.69) is 16.0 Å². The molecule has 0 spiro atoms. The molecular formula is C25H44N4O12. The van der Waals surface area contributed by atoms with E-state index in [0.717, 1.165) is 0 Å². The fourth-order valence-electron chi connectivity index (χ4n) is 3.23. The molecule has 1 amide bonds. The molecule has 0 rings (SSSR count). The predicted octanol–water partition coefficient (Wildman–Crippen LogP) is -1.00. The number of carboxylic acid groups (broad SMARTS) is 4. The van der Waals surface area contributed by atoms with Gasteiger partial charge in [0.25, 0.3) is 0 Å². The summed E-state index contributed by atoms with van der Waals surface area (Å²) >= 11 is 0. The quantitative estimate of drug-likeness (QED) is 0.0948. The van der Waals surface area contributed by atoms with Gasteiger partial charge in [0.05, 0.1) is 32.4 Å². The second kappa shape index (κ2) is 24.1. The van der Waals surface area contributed by atoms with Crippen LogP contribution in [0.4, 0.5) is 0 Å². The lowest BCUT2D eigenvalue weighted by Crippen LogP contribution is -2.41. The molecule has 0 heterocycles. The normalized spacial score (nSPS) is 12.3. The van der Waals surface area contributed by atoms with E-state index in [-0.39, 0.29) is 75.0 Å². The predicted molar refractivity (Wildman–Crippen MR) is 145 cm³/mol. The van der Waals surface area contributed by atoms with Crippen LogP contribution in [-0.4, -0.2) is 125 Å². The second-order valence-corrected chi connectivity index (χ2v) is 9.31. The largest absolute Gasteiger partial charge is 0.481 e. The topological polar surface area (TPSA) is 257 Å². The number of nitrogens with zero attached hydrogens (tertiary/aromatic N) is 1. The Balaban J connectivity index is -0.000000581. The highest BCUT2D eigenvalue weighted by Gasteiger charge is 2.21. The molecule has 0 aromatic rings. The first-order chi connectivity index (χ1) is 18.8. The minimum absolute atomic E-state index is 0.00389. The van der Waals surface area contributed by atoms with Gasteiger partial charge in [-0.05, 0) is 41.9 Å². The Kier molecular flexibility index (Phi) is 24.5. The molecule has 0 aliphatic carbocycles. The van der Waals surface area contributed by atoms with Gasteiger partial charge in [-0.2, -0.15) is 0 Å². The minimum Gasteiger partial charge on any atom is -0.481 e. The monoisotopic (exact) mass is 592 g/mol. The summed E-state index contributed by atoms with van der Waals surface area (Å²) in [5.41, 5.74) is 0. The molecule has 0 saturated heterocycles.